The van der Waals surface area contributed by atoms with E-state index in [2.05, 4.69) is 44.3 Å². The highest BCUT2D eigenvalue weighted by Crippen LogP contribution is 2.40. The second-order valence-corrected chi connectivity index (χ2v) is 8.98. The lowest BCUT2D eigenvalue weighted by atomic mass is 9.77. The number of carbonyl (C=O) groups is 2. The van der Waals surface area contributed by atoms with Crippen LogP contribution in [0.2, 0.25) is 0 Å². The highest BCUT2D eigenvalue weighted by Gasteiger charge is 2.36. The number of para-hydroxylation sites is 1. The number of halogens is 1. The molecule has 0 bridgehead atoms. The maximum absolute atomic E-state index is 14.4. The molecule has 3 aromatic rings. The Morgan fingerprint density at radius 1 is 1.32 bits per heavy atom. The van der Waals surface area contributed by atoms with Gasteiger partial charge in [0.2, 0.25) is 5.91 Å². The monoisotopic (exact) mass is 499 g/mol. The van der Waals surface area contributed by atoms with Crippen LogP contribution >= 0.6 is 0 Å². The molecule has 3 heterocycles. The van der Waals surface area contributed by atoms with E-state index in [1.54, 1.807) is 24.5 Å². The van der Waals surface area contributed by atoms with E-state index in [9.17, 15) is 14.0 Å². The Morgan fingerprint density at radius 3 is 2.89 bits per heavy atom. The average Bonchev–Trinajstić information content (AvgIpc) is 3.25. The number of methoxy groups -OCH3 is 1. The zero-order chi connectivity index (χ0) is 26.0. The third-order valence-corrected chi connectivity index (χ3v) is 6.68. The minimum atomic E-state index is -0.608. The van der Waals surface area contributed by atoms with Crippen LogP contribution in [0.4, 0.5) is 15.8 Å². The summed E-state index contributed by atoms with van der Waals surface area (Å²) in [6.45, 7) is 4.03. The van der Waals surface area contributed by atoms with E-state index >= 15 is 0 Å². The second kappa shape index (κ2) is 9.82. The van der Waals surface area contributed by atoms with Crippen molar-refractivity contribution in [2.75, 3.05) is 19.0 Å². The van der Waals surface area contributed by atoms with Gasteiger partial charge < -0.3 is 25.7 Å². The average molecular weight is 500 g/mol. The van der Waals surface area contributed by atoms with E-state index in [-0.39, 0.29) is 17.6 Å². The molecule has 37 heavy (non-hydrogen) atoms. The summed E-state index contributed by atoms with van der Waals surface area (Å²) in [5, 5.41) is 9.05. The standard InChI is InChI=1S/C28H26FN5O3/c1-3-22(35)34-28(11-5-12-28)13-8-17-16-30-14-9-18(17)24-25(23-20(32-24)10-15-31-27(23)36)33-21-7-4-6-19(29)26(21)37-2/h3-4,6-7,9,14,16,32-33H,1,5,10-12,15H2,2H3,(H,31,36)(H,34,35). The van der Waals surface area contributed by atoms with Crippen molar-refractivity contribution in [3.8, 4) is 28.8 Å². The van der Waals surface area contributed by atoms with Crippen molar-refractivity contribution in [2.45, 2.75) is 31.2 Å². The lowest BCUT2D eigenvalue weighted by Crippen LogP contribution is -2.52. The molecule has 188 valence electrons. The first-order valence-corrected chi connectivity index (χ1v) is 12.0. The van der Waals surface area contributed by atoms with Crippen molar-refractivity contribution in [3.05, 3.63) is 72.0 Å². The lowest BCUT2D eigenvalue weighted by Gasteiger charge is -2.37. The van der Waals surface area contributed by atoms with E-state index in [4.69, 9.17) is 4.74 Å². The highest BCUT2D eigenvalue weighted by molar-refractivity contribution is 6.06. The summed E-state index contributed by atoms with van der Waals surface area (Å²) in [7, 11) is 1.39. The molecule has 5 rings (SSSR count). The van der Waals surface area contributed by atoms with E-state index in [1.165, 1.54) is 19.3 Å². The van der Waals surface area contributed by atoms with Gasteiger partial charge in [-0.15, -0.1) is 0 Å². The first-order valence-electron chi connectivity index (χ1n) is 12.0. The molecule has 0 spiro atoms. The Labute approximate surface area is 213 Å². The fourth-order valence-corrected chi connectivity index (χ4v) is 4.65. The molecule has 8 nitrogen and oxygen atoms in total. The number of pyridine rings is 1. The quantitative estimate of drug-likeness (QED) is 0.305. The largest absolute Gasteiger partial charge is 0.492 e. The van der Waals surface area contributed by atoms with Gasteiger partial charge in [0.1, 0.15) is 5.54 Å². The van der Waals surface area contributed by atoms with Crippen molar-refractivity contribution in [1.82, 2.24) is 20.6 Å². The minimum Gasteiger partial charge on any atom is -0.492 e. The van der Waals surface area contributed by atoms with Crippen molar-refractivity contribution >= 4 is 23.2 Å². The van der Waals surface area contributed by atoms with Crippen molar-refractivity contribution in [3.63, 3.8) is 0 Å². The second-order valence-electron chi connectivity index (χ2n) is 8.98. The van der Waals surface area contributed by atoms with Crippen LogP contribution in [0, 0.1) is 17.7 Å². The number of H-pyrrole nitrogens is 1. The normalized spacial score (nSPS) is 15.2. The summed E-state index contributed by atoms with van der Waals surface area (Å²) in [6, 6.07) is 6.37. The molecule has 1 aliphatic carbocycles. The van der Waals surface area contributed by atoms with Gasteiger partial charge in [0.15, 0.2) is 11.6 Å². The van der Waals surface area contributed by atoms with Gasteiger partial charge >= 0.3 is 0 Å². The van der Waals surface area contributed by atoms with E-state index in [0.29, 0.717) is 46.7 Å². The number of nitrogens with zero attached hydrogens (tertiary/aromatic N) is 1. The third-order valence-electron chi connectivity index (χ3n) is 6.68. The maximum atomic E-state index is 14.4. The number of amides is 2. The van der Waals surface area contributed by atoms with E-state index in [1.807, 2.05) is 6.07 Å². The van der Waals surface area contributed by atoms with Gasteiger partial charge in [-0.2, -0.15) is 0 Å². The van der Waals surface area contributed by atoms with Gasteiger partial charge in [-0.05, 0) is 43.5 Å². The molecule has 9 heteroatoms. The number of anilines is 2. The number of hydrogen-bond acceptors (Lipinski definition) is 5. The zero-order valence-electron chi connectivity index (χ0n) is 20.3. The van der Waals surface area contributed by atoms with Crippen LogP contribution in [-0.2, 0) is 11.2 Å². The van der Waals surface area contributed by atoms with Crippen LogP contribution in [0.15, 0.2) is 49.3 Å². The molecule has 0 unspecified atom stereocenters. The van der Waals surface area contributed by atoms with Crippen molar-refractivity contribution in [1.29, 1.82) is 0 Å². The Balaban J connectivity index is 1.62. The smallest absolute Gasteiger partial charge is 0.255 e. The van der Waals surface area contributed by atoms with Gasteiger partial charge in [0.25, 0.3) is 5.91 Å². The number of hydrogen-bond donors (Lipinski definition) is 4. The third kappa shape index (κ3) is 4.54. The summed E-state index contributed by atoms with van der Waals surface area (Å²) in [4.78, 5) is 32.5. The fourth-order valence-electron chi connectivity index (χ4n) is 4.65. The van der Waals surface area contributed by atoms with Gasteiger partial charge in [0.05, 0.1) is 35.3 Å². The van der Waals surface area contributed by atoms with E-state index < -0.39 is 11.4 Å². The number of benzene rings is 1. The molecular weight excluding hydrogens is 473 g/mol. The number of rotatable bonds is 6. The Hall–Kier alpha value is -4.58. The van der Waals surface area contributed by atoms with Gasteiger partial charge in [-0.3, -0.25) is 14.6 Å². The van der Waals surface area contributed by atoms with Crippen LogP contribution in [0.3, 0.4) is 0 Å². The van der Waals surface area contributed by atoms with Gasteiger partial charge in [0, 0.05) is 36.6 Å². The SMILES string of the molecule is C=CC(=O)NC1(C#Cc2cnccc2-c2[nH]c3c(c2Nc2cccc(F)c2OC)C(=O)NCC3)CCC1. The van der Waals surface area contributed by atoms with Crippen molar-refractivity contribution < 1.29 is 18.7 Å². The number of aromatic amines is 1. The predicted octanol–water partition coefficient (Wildman–Crippen LogP) is 3.83. The number of carbonyl (C=O) groups excluding carboxylic acids is 2. The molecule has 2 aromatic heterocycles. The lowest BCUT2D eigenvalue weighted by molar-refractivity contribution is -0.118. The van der Waals surface area contributed by atoms with Crippen LogP contribution in [0.5, 0.6) is 5.75 Å². The molecule has 1 fully saturated rings. The van der Waals surface area contributed by atoms with Gasteiger partial charge in [-0.1, -0.05) is 24.5 Å². The maximum Gasteiger partial charge on any atom is 0.255 e. The molecule has 0 atom stereocenters. The summed E-state index contributed by atoms with van der Waals surface area (Å²) >= 11 is 0. The molecule has 0 radical (unpaired) electrons. The summed E-state index contributed by atoms with van der Waals surface area (Å²) in [5.41, 5.74) is 3.44. The van der Waals surface area contributed by atoms with Crippen LogP contribution in [0.1, 0.15) is 40.9 Å². The summed E-state index contributed by atoms with van der Waals surface area (Å²) < 4.78 is 19.7. The topological polar surface area (TPSA) is 108 Å². The molecule has 4 N–H and O–H groups in total. The summed E-state index contributed by atoms with van der Waals surface area (Å²) in [5.74, 6) is 5.46. The Kier molecular flexibility index (Phi) is 6.40. The van der Waals surface area contributed by atoms with Crippen LogP contribution in [-0.4, -0.2) is 41.0 Å². The number of fused-ring (bicyclic) bond motifs is 1. The zero-order valence-corrected chi connectivity index (χ0v) is 20.3. The molecule has 0 saturated heterocycles. The molecular formula is C28H26FN5O3. The number of aromatic nitrogens is 2. The van der Waals surface area contributed by atoms with Crippen LogP contribution < -0.4 is 20.7 Å². The Bertz CT molecular complexity index is 1460. The molecule has 1 aliphatic heterocycles. The molecule has 1 aromatic carbocycles. The predicted molar refractivity (Wildman–Crippen MR) is 138 cm³/mol. The molecule has 2 amide bonds. The van der Waals surface area contributed by atoms with E-state index in [0.717, 1.165) is 25.0 Å². The van der Waals surface area contributed by atoms with Gasteiger partial charge in [-0.25, -0.2) is 4.39 Å². The summed E-state index contributed by atoms with van der Waals surface area (Å²) in [6.07, 6.45) is 7.61. The minimum absolute atomic E-state index is 0.0410. The van der Waals surface area contributed by atoms with Crippen LogP contribution in [0.25, 0.3) is 11.3 Å². The molecule has 2 aliphatic rings. The first-order chi connectivity index (χ1) is 17.9. The molecule has 1 saturated carbocycles. The first kappa shape index (κ1) is 24.1. The highest BCUT2D eigenvalue weighted by atomic mass is 19.1. The van der Waals surface area contributed by atoms with Crippen molar-refractivity contribution in [2.24, 2.45) is 0 Å². The number of nitrogens with one attached hydrogen (secondary N) is 4. The number of ether oxygens (including phenoxy) is 1. The fraction of sp³-hybridized carbons (Fsp3) is 0.250. The Morgan fingerprint density at radius 2 is 2.16 bits per heavy atom.